The first-order chi connectivity index (χ1) is 13.4. The number of β-amino-alcohol motifs (C(OH)–C–C–N with tert-alkyl or cyclic N) is 1. The van der Waals surface area contributed by atoms with E-state index in [2.05, 4.69) is 10.2 Å². The molecule has 1 atom stereocenters. The number of nitrogens with one attached hydrogen (secondary N) is 1. The number of nitrogens with zero attached hydrogens (tertiary/aromatic N) is 2. The summed E-state index contributed by atoms with van der Waals surface area (Å²) in [6.07, 6.45) is 0. The maximum absolute atomic E-state index is 12.9. The lowest BCUT2D eigenvalue weighted by Gasteiger charge is -2.25. The van der Waals surface area contributed by atoms with Gasteiger partial charge in [0.15, 0.2) is 0 Å². The highest BCUT2D eigenvalue weighted by Crippen LogP contribution is 2.45. The van der Waals surface area contributed by atoms with Gasteiger partial charge in [-0.1, -0.05) is 41.4 Å². The number of aliphatic hydroxyl groups is 1. The fourth-order valence-corrected chi connectivity index (χ4v) is 3.86. The molecule has 7 heteroatoms. The van der Waals surface area contributed by atoms with Crippen LogP contribution in [0.4, 0.5) is 0 Å². The average molecular weight is 398 g/mol. The van der Waals surface area contributed by atoms with Crippen LogP contribution in [0.25, 0.3) is 11.3 Å². The predicted octanol–water partition coefficient (Wildman–Crippen LogP) is 3.59. The topological polar surface area (TPSA) is 89.5 Å². The Balaban J connectivity index is 1.92. The lowest BCUT2D eigenvalue weighted by Crippen LogP contribution is -2.32. The molecule has 2 aromatic carbocycles. The molecule has 0 radical (unpaired) electrons. The van der Waals surface area contributed by atoms with Crippen LogP contribution in [0.2, 0.25) is 5.02 Å². The Hall–Kier alpha value is -2.83. The van der Waals surface area contributed by atoms with Gasteiger partial charge in [-0.05, 0) is 37.1 Å². The van der Waals surface area contributed by atoms with Crippen molar-refractivity contribution in [3.63, 3.8) is 0 Å². The molecule has 0 fully saturated rings. The molecule has 0 aliphatic carbocycles. The average Bonchev–Trinajstić information content (AvgIpc) is 3.20. The maximum Gasteiger partial charge on any atom is 0.273 e. The van der Waals surface area contributed by atoms with Crippen molar-refractivity contribution in [2.24, 2.45) is 0 Å². The lowest BCUT2D eigenvalue weighted by atomic mass is 9.95. The van der Waals surface area contributed by atoms with Crippen LogP contribution in [0.15, 0.2) is 36.4 Å². The number of halogens is 1. The normalized spacial score (nSPS) is 15.9. The van der Waals surface area contributed by atoms with Crippen LogP contribution in [0.3, 0.4) is 0 Å². The van der Waals surface area contributed by atoms with Gasteiger partial charge in [0.25, 0.3) is 5.91 Å². The number of aromatic hydroxyl groups is 1. The highest BCUT2D eigenvalue weighted by Gasteiger charge is 2.42. The lowest BCUT2D eigenvalue weighted by molar-refractivity contribution is 0.0706. The summed E-state index contributed by atoms with van der Waals surface area (Å²) in [4.78, 5) is 14.6. The Kier molecular flexibility index (Phi) is 4.61. The molecule has 1 aliphatic rings. The number of aromatic amines is 1. The maximum atomic E-state index is 12.9. The summed E-state index contributed by atoms with van der Waals surface area (Å²) < 4.78 is 0. The number of hydrogen-bond donors (Lipinski definition) is 3. The molecule has 1 aliphatic heterocycles. The molecule has 0 saturated heterocycles. The summed E-state index contributed by atoms with van der Waals surface area (Å²) in [5, 5.41) is 27.6. The fraction of sp³-hybridized carbons (Fsp3) is 0.238. The number of aromatic nitrogens is 2. The second kappa shape index (κ2) is 6.96. The van der Waals surface area contributed by atoms with Crippen LogP contribution in [0.1, 0.15) is 38.8 Å². The molecule has 0 unspecified atom stereocenters. The Morgan fingerprint density at radius 2 is 1.93 bits per heavy atom. The van der Waals surface area contributed by atoms with E-state index in [0.29, 0.717) is 27.5 Å². The van der Waals surface area contributed by atoms with Crippen LogP contribution in [-0.2, 0) is 0 Å². The molecule has 2 heterocycles. The summed E-state index contributed by atoms with van der Waals surface area (Å²) in [5.41, 5.74) is 4.76. The number of phenolic OH excluding ortho intramolecular Hbond substituents is 1. The van der Waals surface area contributed by atoms with Crippen LogP contribution < -0.4 is 0 Å². The molecular formula is C21H20ClN3O3. The fourth-order valence-electron chi connectivity index (χ4n) is 3.69. The number of carbonyl (C=O) groups excluding carboxylic acids is 1. The molecular weight excluding hydrogens is 378 g/mol. The highest BCUT2D eigenvalue weighted by molar-refractivity contribution is 6.31. The van der Waals surface area contributed by atoms with Gasteiger partial charge in [-0.25, -0.2) is 0 Å². The highest BCUT2D eigenvalue weighted by atomic mass is 35.5. The largest absolute Gasteiger partial charge is 0.507 e. The molecule has 0 saturated carbocycles. The first kappa shape index (κ1) is 18.5. The van der Waals surface area contributed by atoms with Crippen molar-refractivity contribution in [1.82, 2.24) is 15.1 Å². The smallest absolute Gasteiger partial charge is 0.273 e. The van der Waals surface area contributed by atoms with Crippen molar-refractivity contribution >= 4 is 17.5 Å². The van der Waals surface area contributed by atoms with Crippen LogP contribution in [0, 0.1) is 13.8 Å². The molecule has 0 spiro atoms. The van der Waals surface area contributed by atoms with Crippen molar-refractivity contribution < 1.29 is 15.0 Å². The van der Waals surface area contributed by atoms with Gasteiger partial charge in [0.1, 0.15) is 17.1 Å². The van der Waals surface area contributed by atoms with Crippen molar-refractivity contribution in [3.8, 4) is 17.0 Å². The van der Waals surface area contributed by atoms with Crippen molar-refractivity contribution in [1.29, 1.82) is 0 Å². The Morgan fingerprint density at radius 1 is 1.21 bits per heavy atom. The van der Waals surface area contributed by atoms with Crippen molar-refractivity contribution in [3.05, 3.63) is 69.4 Å². The third-order valence-electron chi connectivity index (χ3n) is 5.13. The van der Waals surface area contributed by atoms with Gasteiger partial charge < -0.3 is 15.1 Å². The van der Waals surface area contributed by atoms with Gasteiger partial charge in [0.05, 0.1) is 12.6 Å². The van der Waals surface area contributed by atoms with E-state index >= 15 is 0 Å². The molecule has 1 aromatic heterocycles. The minimum Gasteiger partial charge on any atom is -0.507 e. The number of hydrogen-bond acceptors (Lipinski definition) is 4. The Morgan fingerprint density at radius 3 is 2.61 bits per heavy atom. The van der Waals surface area contributed by atoms with Crippen LogP contribution >= 0.6 is 11.6 Å². The van der Waals surface area contributed by atoms with E-state index in [1.165, 1.54) is 0 Å². The van der Waals surface area contributed by atoms with E-state index < -0.39 is 6.04 Å². The first-order valence-electron chi connectivity index (χ1n) is 8.98. The molecule has 3 aromatic rings. The summed E-state index contributed by atoms with van der Waals surface area (Å²) >= 11 is 6.27. The molecule has 4 rings (SSSR count). The number of carbonyl (C=O) groups is 1. The Labute approximate surface area is 167 Å². The quantitative estimate of drug-likeness (QED) is 0.627. The molecule has 28 heavy (non-hydrogen) atoms. The van der Waals surface area contributed by atoms with Crippen molar-refractivity contribution in [2.45, 2.75) is 19.9 Å². The van der Waals surface area contributed by atoms with Gasteiger partial charge >= 0.3 is 0 Å². The van der Waals surface area contributed by atoms with Gasteiger partial charge in [-0.3, -0.25) is 9.89 Å². The third-order valence-corrected chi connectivity index (χ3v) is 5.54. The second-order valence-corrected chi connectivity index (χ2v) is 7.42. The van der Waals surface area contributed by atoms with E-state index in [0.717, 1.165) is 16.7 Å². The van der Waals surface area contributed by atoms with E-state index in [1.54, 1.807) is 17.0 Å². The number of aryl methyl sites for hydroxylation is 2. The summed E-state index contributed by atoms with van der Waals surface area (Å²) in [6.45, 7) is 3.85. The number of phenols is 1. The first-order valence-corrected chi connectivity index (χ1v) is 9.36. The number of benzene rings is 2. The third kappa shape index (κ3) is 2.85. The summed E-state index contributed by atoms with van der Waals surface area (Å²) in [6, 6.07) is 10.7. The van der Waals surface area contributed by atoms with Gasteiger partial charge in [-0.2, -0.15) is 5.10 Å². The van der Waals surface area contributed by atoms with E-state index in [-0.39, 0.29) is 24.8 Å². The summed E-state index contributed by atoms with van der Waals surface area (Å²) in [7, 11) is 0. The number of amides is 1. The van der Waals surface area contributed by atoms with E-state index in [4.69, 9.17) is 11.6 Å². The standard InChI is InChI=1S/C21H20ClN3O3/c1-11-3-5-13(6-4-11)20-17-18(14-10-15(22)12(2)9-16(14)27)23-24-19(17)21(28)25(20)7-8-26/h3-6,9-10,20,26-27H,7-8H2,1-2H3,(H,23,24)/t20-/m0/s1. The molecule has 0 bridgehead atoms. The Bertz CT molecular complexity index is 1060. The molecule has 3 N–H and O–H groups in total. The number of aliphatic hydroxyl groups excluding tert-OH is 1. The number of fused-ring (bicyclic) bond motifs is 1. The van der Waals surface area contributed by atoms with Crippen LogP contribution in [0.5, 0.6) is 5.75 Å². The monoisotopic (exact) mass is 397 g/mol. The van der Waals surface area contributed by atoms with Gasteiger partial charge in [-0.15, -0.1) is 0 Å². The zero-order valence-corrected chi connectivity index (χ0v) is 16.3. The summed E-state index contributed by atoms with van der Waals surface area (Å²) in [5.74, 6) is -0.182. The van der Waals surface area contributed by atoms with Gasteiger partial charge in [0, 0.05) is 22.7 Å². The zero-order valence-electron chi connectivity index (χ0n) is 15.5. The van der Waals surface area contributed by atoms with E-state index in [9.17, 15) is 15.0 Å². The number of rotatable bonds is 4. The molecule has 144 valence electrons. The van der Waals surface area contributed by atoms with E-state index in [1.807, 2.05) is 38.1 Å². The SMILES string of the molecule is Cc1ccc([C@H]2c3c(-c4cc(Cl)c(C)cc4O)n[nH]c3C(=O)N2CCO)cc1. The van der Waals surface area contributed by atoms with Crippen LogP contribution in [-0.4, -0.2) is 44.4 Å². The molecule has 1 amide bonds. The number of H-pyrrole nitrogens is 1. The second-order valence-electron chi connectivity index (χ2n) is 7.01. The molecule has 6 nitrogen and oxygen atoms in total. The van der Waals surface area contributed by atoms with Gasteiger partial charge in [0.2, 0.25) is 0 Å². The predicted molar refractivity (Wildman–Crippen MR) is 107 cm³/mol. The van der Waals surface area contributed by atoms with Crippen molar-refractivity contribution in [2.75, 3.05) is 13.2 Å². The minimum atomic E-state index is -0.413. The minimum absolute atomic E-state index is 0.0481. The zero-order chi connectivity index (χ0) is 20.0.